The molecule has 1 fully saturated rings. The van der Waals surface area contributed by atoms with Gasteiger partial charge in [0.25, 0.3) is 0 Å². The molecule has 1 aliphatic rings. The number of hydrogen-bond acceptors (Lipinski definition) is 4. The van der Waals surface area contributed by atoms with E-state index in [-0.39, 0.29) is 11.1 Å². The molecule has 0 unspecified atom stereocenters. The smallest absolute Gasteiger partial charge is 0.347 e. The highest BCUT2D eigenvalue weighted by atomic mass is 16.6. The Labute approximate surface area is 169 Å². The second-order valence-electron chi connectivity index (χ2n) is 6.99. The Balaban J connectivity index is 2.07. The summed E-state index contributed by atoms with van der Waals surface area (Å²) in [5, 5.41) is 0. The van der Waals surface area contributed by atoms with Crippen molar-refractivity contribution in [1.82, 2.24) is 0 Å². The van der Waals surface area contributed by atoms with Crippen LogP contribution in [0.2, 0.25) is 0 Å². The number of benzene rings is 2. The Bertz CT molecular complexity index is 1120. The summed E-state index contributed by atoms with van der Waals surface area (Å²) in [6.45, 7) is 5.51. The zero-order valence-electron chi connectivity index (χ0n) is 16.5. The van der Waals surface area contributed by atoms with Gasteiger partial charge in [0.15, 0.2) is 0 Å². The number of rotatable bonds is 3. The molecule has 1 saturated heterocycles. The van der Waals surface area contributed by atoms with Gasteiger partial charge in [0.1, 0.15) is 11.5 Å². The molecule has 4 heteroatoms. The van der Waals surface area contributed by atoms with Gasteiger partial charge in [-0.3, -0.25) is 0 Å². The summed E-state index contributed by atoms with van der Waals surface area (Å²) in [5.74, 6) is 0.169. The third-order valence-corrected chi connectivity index (χ3v) is 5.04. The van der Waals surface area contributed by atoms with E-state index in [1.165, 1.54) is 0 Å². The SMILES string of the molecule is C/C(=C1\C(=O)OC(=O)C1=C(c1ccccc1)c1ccccc1)c1cc(C)oc1C. The quantitative estimate of drug-likeness (QED) is 0.351. The van der Waals surface area contributed by atoms with Gasteiger partial charge in [-0.2, -0.15) is 0 Å². The van der Waals surface area contributed by atoms with Crippen LogP contribution in [0, 0.1) is 13.8 Å². The lowest BCUT2D eigenvalue weighted by atomic mass is 9.87. The third kappa shape index (κ3) is 3.34. The van der Waals surface area contributed by atoms with Gasteiger partial charge in [-0.15, -0.1) is 0 Å². The van der Waals surface area contributed by atoms with Crippen molar-refractivity contribution in [3.63, 3.8) is 0 Å². The van der Waals surface area contributed by atoms with Gasteiger partial charge in [-0.1, -0.05) is 60.7 Å². The minimum atomic E-state index is -0.634. The van der Waals surface area contributed by atoms with E-state index < -0.39 is 11.9 Å². The molecule has 0 radical (unpaired) electrons. The van der Waals surface area contributed by atoms with Gasteiger partial charge < -0.3 is 9.15 Å². The first-order chi connectivity index (χ1) is 14.0. The maximum Gasteiger partial charge on any atom is 0.347 e. The molecule has 0 spiro atoms. The summed E-state index contributed by atoms with van der Waals surface area (Å²) in [6.07, 6.45) is 0. The van der Waals surface area contributed by atoms with E-state index in [1.807, 2.05) is 87.5 Å². The van der Waals surface area contributed by atoms with Crippen LogP contribution in [0.25, 0.3) is 11.1 Å². The molecule has 29 heavy (non-hydrogen) atoms. The molecular weight excluding hydrogens is 364 g/mol. The number of hydrogen-bond donors (Lipinski definition) is 0. The van der Waals surface area contributed by atoms with Gasteiger partial charge in [0.2, 0.25) is 0 Å². The number of carbonyl (C=O) groups excluding carboxylic acids is 2. The zero-order chi connectivity index (χ0) is 20.5. The summed E-state index contributed by atoms with van der Waals surface area (Å²) >= 11 is 0. The number of ether oxygens (including phenoxy) is 1. The molecule has 4 nitrogen and oxygen atoms in total. The predicted octanol–water partition coefficient (Wildman–Crippen LogP) is 5.26. The molecule has 4 rings (SSSR count). The van der Waals surface area contributed by atoms with Gasteiger partial charge in [0, 0.05) is 11.1 Å². The first-order valence-electron chi connectivity index (χ1n) is 9.37. The minimum Gasteiger partial charge on any atom is -0.466 e. The molecular formula is C25H20O4. The van der Waals surface area contributed by atoms with Gasteiger partial charge in [-0.25, -0.2) is 9.59 Å². The molecule has 0 bridgehead atoms. The fourth-order valence-corrected chi connectivity index (χ4v) is 3.76. The Hall–Kier alpha value is -3.66. The lowest BCUT2D eigenvalue weighted by Gasteiger charge is -2.12. The van der Waals surface area contributed by atoms with Crippen molar-refractivity contribution in [3.8, 4) is 0 Å². The summed E-state index contributed by atoms with van der Waals surface area (Å²) in [4.78, 5) is 25.6. The maximum absolute atomic E-state index is 12.9. The average Bonchev–Trinajstić information content (AvgIpc) is 3.21. The van der Waals surface area contributed by atoms with Crippen LogP contribution in [0.15, 0.2) is 82.3 Å². The molecule has 3 aromatic rings. The topological polar surface area (TPSA) is 56.5 Å². The van der Waals surface area contributed by atoms with Crippen molar-refractivity contribution >= 4 is 23.1 Å². The van der Waals surface area contributed by atoms with Crippen molar-refractivity contribution in [2.75, 3.05) is 0 Å². The highest BCUT2D eigenvalue weighted by Crippen LogP contribution is 2.39. The number of cyclic esters (lactones) is 2. The Kier molecular flexibility index (Phi) is 4.77. The van der Waals surface area contributed by atoms with E-state index in [9.17, 15) is 9.59 Å². The van der Waals surface area contributed by atoms with Crippen molar-refractivity contribution < 1.29 is 18.7 Å². The number of esters is 2. The van der Waals surface area contributed by atoms with Crippen LogP contribution in [0.1, 0.15) is 35.1 Å². The lowest BCUT2D eigenvalue weighted by Crippen LogP contribution is -2.03. The third-order valence-electron chi connectivity index (χ3n) is 5.04. The van der Waals surface area contributed by atoms with E-state index in [1.54, 1.807) is 0 Å². The zero-order valence-corrected chi connectivity index (χ0v) is 16.5. The Morgan fingerprint density at radius 3 is 1.76 bits per heavy atom. The van der Waals surface area contributed by atoms with Crippen LogP contribution < -0.4 is 0 Å². The van der Waals surface area contributed by atoms with Gasteiger partial charge >= 0.3 is 11.9 Å². The van der Waals surface area contributed by atoms with Crippen LogP contribution >= 0.6 is 0 Å². The maximum atomic E-state index is 12.9. The second-order valence-corrected chi connectivity index (χ2v) is 6.99. The molecule has 2 heterocycles. The van der Waals surface area contributed by atoms with E-state index in [0.717, 1.165) is 22.5 Å². The summed E-state index contributed by atoms with van der Waals surface area (Å²) < 4.78 is 10.7. The van der Waals surface area contributed by atoms with E-state index >= 15 is 0 Å². The first kappa shape index (κ1) is 18.7. The molecule has 1 aromatic heterocycles. The monoisotopic (exact) mass is 384 g/mol. The minimum absolute atomic E-state index is 0.279. The molecule has 144 valence electrons. The Morgan fingerprint density at radius 1 is 0.759 bits per heavy atom. The van der Waals surface area contributed by atoms with Gasteiger partial charge in [0.05, 0.1) is 11.1 Å². The summed E-state index contributed by atoms with van der Waals surface area (Å²) in [6, 6.07) is 21.0. The second kappa shape index (κ2) is 7.40. The molecule has 0 saturated carbocycles. The molecule has 1 aliphatic heterocycles. The molecule has 0 amide bonds. The van der Waals surface area contributed by atoms with Crippen LogP contribution in [0.5, 0.6) is 0 Å². The first-order valence-corrected chi connectivity index (χ1v) is 9.37. The highest BCUT2D eigenvalue weighted by molar-refractivity contribution is 6.26. The van der Waals surface area contributed by atoms with Crippen molar-refractivity contribution in [2.45, 2.75) is 20.8 Å². The van der Waals surface area contributed by atoms with E-state index in [2.05, 4.69) is 0 Å². The van der Waals surface area contributed by atoms with Crippen molar-refractivity contribution in [1.29, 1.82) is 0 Å². The summed E-state index contributed by atoms with van der Waals surface area (Å²) in [7, 11) is 0. The van der Waals surface area contributed by atoms with Gasteiger partial charge in [-0.05, 0) is 43.5 Å². The van der Waals surface area contributed by atoms with E-state index in [4.69, 9.17) is 9.15 Å². The average molecular weight is 384 g/mol. The van der Waals surface area contributed by atoms with Crippen LogP contribution in [0.3, 0.4) is 0 Å². The molecule has 2 aromatic carbocycles. The normalized spacial score (nSPS) is 15.5. The number of carbonyl (C=O) groups is 2. The fraction of sp³-hybridized carbons (Fsp3) is 0.120. The molecule has 0 aliphatic carbocycles. The number of furan rings is 1. The number of aryl methyl sites for hydroxylation is 2. The van der Waals surface area contributed by atoms with Crippen LogP contribution in [0.4, 0.5) is 0 Å². The van der Waals surface area contributed by atoms with Crippen molar-refractivity contribution in [3.05, 3.63) is 106 Å². The molecule has 0 atom stereocenters. The van der Waals surface area contributed by atoms with E-state index in [0.29, 0.717) is 16.9 Å². The fourth-order valence-electron chi connectivity index (χ4n) is 3.76. The predicted molar refractivity (Wildman–Crippen MR) is 111 cm³/mol. The lowest BCUT2D eigenvalue weighted by molar-refractivity contribution is -0.149. The van der Waals surface area contributed by atoms with Crippen LogP contribution in [-0.4, -0.2) is 11.9 Å². The largest absolute Gasteiger partial charge is 0.466 e. The standard InChI is InChI=1S/C25H20O4/c1-15-14-20(17(3)28-15)16(2)21-23(25(27)29-24(21)26)22(18-10-6-4-7-11-18)19-12-8-5-9-13-19/h4-14H,1-3H3/b21-16+. The number of allylic oxidation sites excluding steroid dienone is 1. The molecule has 0 N–H and O–H groups in total. The highest BCUT2D eigenvalue weighted by Gasteiger charge is 2.38. The van der Waals surface area contributed by atoms with Crippen molar-refractivity contribution in [2.24, 2.45) is 0 Å². The Morgan fingerprint density at radius 2 is 1.28 bits per heavy atom. The van der Waals surface area contributed by atoms with Crippen LogP contribution in [-0.2, 0) is 14.3 Å². The summed E-state index contributed by atoms with van der Waals surface area (Å²) in [5.41, 5.74) is 4.37.